The molecular formula is C8H19NO2. The van der Waals surface area contributed by atoms with Crippen LogP contribution in [-0.2, 0) is 4.74 Å². The van der Waals surface area contributed by atoms with Gasteiger partial charge in [0.25, 0.3) is 0 Å². The largest absolute Gasteiger partial charge is 0.389 e. The number of ether oxygens (including phenoxy) is 1. The molecule has 3 heteroatoms. The van der Waals surface area contributed by atoms with E-state index in [1.807, 2.05) is 7.05 Å². The first-order chi connectivity index (χ1) is 5.31. The second kappa shape index (κ2) is 7.98. The van der Waals surface area contributed by atoms with Crippen molar-refractivity contribution in [3.63, 3.8) is 0 Å². The minimum atomic E-state index is -0.364. The first-order valence-electron chi connectivity index (χ1n) is 4.21. The Labute approximate surface area is 68.8 Å². The van der Waals surface area contributed by atoms with Gasteiger partial charge < -0.3 is 15.2 Å². The van der Waals surface area contributed by atoms with Crippen molar-refractivity contribution in [2.24, 2.45) is 0 Å². The van der Waals surface area contributed by atoms with Crippen molar-refractivity contribution < 1.29 is 9.84 Å². The third kappa shape index (κ3) is 7.78. The highest BCUT2D eigenvalue weighted by atomic mass is 16.5. The molecule has 0 spiro atoms. The van der Waals surface area contributed by atoms with Gasteiger partial charge in [-0.05, 0) is 13.5 Å². The topological polar surface area (TPSA) is 41.5 Å². The molecule has 0 saturated carbocycles. The summed E-state index contributed by atoms with van der Waals surface area (Å²) >= 11 is 0. The van der Waals surface area contributed by atoms with E-state index in [2.05, 4.69) is 12.2 Å². The lowest BCUT2D eigenvalue weighted by Gasteiger charge is -2.09. The van der Waals surface area contributed by atoms with Crippen molar-refractivity contribution in [3.05, 3.63) is 0 Å². The van der Waals surface area contributed by atoms with Gasteiger partial charge in [-0.25, -0.2) is 0 Å². The average molecular weight is 161 g/mol. The van der Waals surface area contributed by atoms with Crippen LogP contribution in [0.2, 0.25) is 0 Å². The van der Waals surface area contributed by atoms with E-state index in [1.54, 1.807) is 0 Å². The maximum Gasteiger partial charge on any atom is 0.0897 e. The van der Waals surface area contributed by atoms with Gasteiger partial charge in [-0.1, -0.05) is 13.3 Å². The third-order valence-electron chi connectivity index (χ3n) is 1.39. The number of rotatable bonds is 7. The lowest BCUT2D eigenvalue weighted by atomic mass is 10.3. The number of aliphatic hydroxyl groups is 1. The fraction of sp³-hybridized carbons (Fsp3) is 1.00. The summed E-state index contributed by atoms with van der Waals surface area (Å²) in [5.41, 5.74) is 0. The van der Waals surface area contributed by atoms with Gasteiger partial charge in [-0.3, -0.25) is 0 Å². The van der Waals surface area contributed by atoms with Crippen molar-refractivity contribution in [1.82, 2.24) is 5.32 Å². The van der Waals surface area contributed by atoms with Crippen LogP contribution in [0.1, 0.15) is 19.8 Å². The minimum absolute atomic E-state index is 0.364. The number of nitrogens with one attached hydrogen (secondary N) is 1. The molecule has 11 heavy (non-hydrogen) atoms. The van der Waals surface area contributed by atoms with Gasteiger partial charge in [-0.15, -0.1) is 0 Å². The van der Waals surface area contributed by atoms with Gasteiger partial charge in [0, 0.05) is 13.2 Å². The Hall–Kier alpha value is -0.120. The van der Waals surface area contributed by atoms with Gasteiger partial charge >= 0.3 is 0 Å². The molecule has 0 fully saturated rings. The van der Waals surface area contributed by atoms with Crippen LogP contribution in [0.15, 0.2) is 0 Å². The quantitative estimate of drug-likeness (QED) is 0.530. The molecule has 0 aliphatic heterocycles. The molecule has 0 rings (SSSR count). The summed E-state index contributed by atoms with van der Waals surface area (Å²) < 4.78 is 5.20. The summed E-state index contributed by atoms with van der Waals surface area (Å²) in [6.07, 6.45) is 1.85. The summed E-state index contributed by atoms with van der Waals surface area (Å²) in [5.74, 6) is 0. The average Bonchev–Trinajstić information content (AvgIpc) is 1.99. The summed E-state index contributed by atoms with van der Waals surface area (Å²) in [5, 5.41) is 12.0. The highest BCUT2D eigenvalue weighted by Gasteiger charge is 2.00. The molecule has 3 nitrogen and oxygen atoms in total. The first-order valence-corrected chi connectivity index (χ1v) is 4.21. The molecule has 0 unspecified atom stereocenters. The molecule has 0 radical (unpaired) electrons. The number of hydrogen-bond donors (Lipinski definition) is 2. The normalized spacial score (nSPS) is 13.4. The lowest BCUT2D eigenvalue weighted by molar-refractivity contribution is 0.0368. The van der Waals surface area contributed by atoms with Crippen molar-refractivity contribution in [2.75, 3.05) is 26.8 Å². The van der Waals surface area contributed by atoms with Gasteiger partial charge in [0.2, 0.25) is 0 Å². The molecule has 68 valence electrons. The number of unbranched alkanes of at least 4 members (excludes halogenated alkanes) is 1. The Morgan fingerprint density at radius 2 is 2.27 bits per heavy atom. The van der Waals surface area contributed by atoms with Crippen LogP contribution < -0.4 is 5.32 Å². The smallest absolute Gasteiger partial charge is 0.0897 e. The molecular weight excluding hydrogens is 142 g/mol. The van der Waals surface area contributed by atoms with E-state index in [-0.39, 0.29) is 6.10 Å². The summed E-state index contributed by atoms with van der Waals surface area (Å²) in [6.45, 7) is 3.93. The predicted octanol–water partition coefficient (Wildman–Crippen LogP) is 0.383. The standard InChI is InChI=1S/C8H19NO2/c1-3-4-5-11-7-8(10)6-9-2/h8-10H,3-7H2,1-2H3/t8-/m1/s1. The number of hydrogen-bond acceptors (Lipinski definition) is 3. The van der Waals surface area contributed by atoms with Crippen molar-refractivity contribution >= 4 is 0 Å². The molecule has 0 heterocycles. The van der Waals surface area contributed by atoms with Gasteiger partial charge in [0.1, 0.15) is 0 Å². The van der Waals surface area contributed by atoms with Crippen LogP contribution in [0.3, 0.4) is 0 Å². The van der Waals surface area contributed by atoms with Crippen LogP contribution in [0.5, 0.6) is 0 Å². The highest BCUT2D eigenvalue weighted by molar-refractivity contribution is 4.54. The fourth-order valence-electron chi connectivity index (χ4n) is 0.760. The molecule has 0 saturated heterocycles. The van der Waals surface area contributed by atoms with E-state index < -0.39 is 0 Å². The first kappa shape index (κ1) is 10.9. The summed E-state index contributed by atoms with van der Waals surface area (Å²) in [6, 6.07) is 0. The molecule has 2 N–H and O–H groups in total. The maximum absolute atomic E-state index is 9.16. The van der Waals surface area contributed by atoms with Crippen LogP contribution in [-0.4, -0.2) is 38.0 Å². The van der Waals surface area contributed by atoms with E-state index in [9.17, 15) is 0 Å². The second-order valence-electron chi connectivity index (χ2n) is 2.64. The predicted molar refractivity (Wildman–Crippen MR) is 45.7 cm³/mol. The van der Waals surface area contributed by atoms with E-state index >= 15 is 0 Å². The molecule has 0 aromatic heterocycles. The molecule has 0 amide bonds. The second-order valence-corrected chi connectivity index (χ2v) is 2.64. The van der Waals surface area contributed by atoms with E-state index in [4.69, 9.17) is 9.84 Å². The Morgan fingerprint density at radius 1 is 1.55 bits per heavy atom. The molecule has 0 bridgehead atoms. The van der Waals surface area contributed by atoms with E-state index in [0.29, 0.717) is 13.2 Å². The highest BCUT2D eigenvalue weighted by Crippen LogP contribution is 1.89. The Bertz CT molecular complexity index is 78.5. The SMILES string of the molecule is CCCCOC[C@H](O)CNC. The zero-order valence-electron chi connectivity index (χ0n) is 7.47. The van der Waals surface area contributed by atoms with Crippen LogP contribution in [0.25, 0.3) is 0 Å². The lowest BCUT2D eigenvalue weighted by Crippen LogP contribution is -2.27. The molecule has 0 aliphatic carbocycles. The Kier molecular flexibility index (Phi) is 7.89. The van der Waals surface area contributed by atoms with Gasteiger partial charge in [0.15, 0.2) is 0 Å². The van der Waals surface area contributed by atoms with Crippen LogP contribution >= 0.6 is 0 Å². The van der Waals surface area contributed by atoms with Gasteiger partial charge in [-0.2, -0.15) is 0 Å². The van der Waals surface area contributed by atoms with E-state index in [0.717, 1.165) is 19.4 Å². The zero-order valence-corrected chi connectivity index (χ0v) is 7.47. The minimum Gasteiger partial charge on any atom is -0.389 e. The van der Waals surface area contributed by atoms with Gasteiger partial charge in [0.05, 0.1) is 12.7 Å². The van der Waals surface area contributed by atoms with Crippen molar-refractivity contribution in [1.29, 1.82) is 0 Å². The monoisotopic (exact) mass is 161 g/mol. The van der Waals surface area contributed by atoms with Crippen molar-refractivity contribution in [2.45, 2.75) is 25.9 Å². The van der Waals surface area contributed by atoms with Crippen LogP contribution in [0.4, 0.5) is 0 Å². The van der Waals surface area contributed by atoms with E-state index in [1.165, 1.54) is 0 Å². The number of likely N-dealkylation sites (N-methyl/N-ethyl adjacent to an activating group) is 1. The molecule has 0 aromatic carbocycles. The van der Waals surface area contributed by atoms with Crippen molar-refractivity contribution in [3.8, 4) is 0 Å². The maximum atomic E-state index is 9.16. The Morgan fingerprint density at radius 3 is 2.82 bits per heavy atom. The number of aliphatic hydroxyl groups excluding tert-OH is 1. The molecule has 0 aliphatic rings. The molecule has 1 atom stereocenters. The summed E-state index contributed by atoms with van der Waals surface area (Å²) in [4.78, 5) is 0. The van der Waals surface area contributed by atoms with Crippen LogP contribution in [0, 0.1) is 0 Å². The molecule has 0 aromatic rings. The Balaban J connectivity index is 2.97. The zero-order chi connectivity index (χ0) is 8.53. The fourth-order valence-corrected chi connectivity index (χ4v) is 0.760. The summed E-state index contributed by atoms with van der Waals surface area (Å²) in [7, 11) is 1.81. The third-order valence-corrected chi connectivity index (χ3v) is 1.39.